The summed E-state index contributed by atoms with van der Waals surface area (Å²) in [4.78, 5) is 2.55. The molecule has 1 aliphatic heterocycles. The van der Waals surface area contributed by atoms with Crippen molar-refractivity contribution in [1.82, 2.24) is 5.32 Å². The summed E-state index contributed by atoms with van der Waals surface area (Å²) in [5, 5.41) is 3.70. The number of nitrogens with one attached hydrogen (secondary N) is 1. The predicted molar refractivity (Wildman–Crippen MR) is 88.7 cm³/mol. The molecule has 2 heteroatoms. The van der Waals surface area contributed by atoms with Crippen LogP contribution in [-0.4, -0.2) is 26.2 Å². The van der Waals surface area contributed by atoms with E-state index in [1.807, 2.05) is 0 Å². The van der Waals surface area contributed by atoms with Crippen LogP contribution >= 0.6 is 0 Å². The quantitative estimate of drug-likeness (QED) is 0.636. The zero-order valence-electron chi connectivity index (χ0n) is 12.8. The first-order chi connectivity index (χ1) is 10.4. The fourth-order valence-electron chi connectivity index (χ4n) is 4.45. The third-order valence-corrected chi connectivity index (χ3v) is 5.59. The van der Waals surface area contributed by atoms with Crippen molar-refractivity contribution in [2.45, 2.75) is 25.7 Å². The minimum Gasteiger partial charge on any atom is -0.371 e. The smallest absolute Gasteiger partial charge is 0.0399 e. The van der Waals surface area contributed by atoms with Crippen molar-refractivity contribution in [1.29, 1.82) is 0 Å². The van der Waals surface area contributed by atoms with E-state index >= 15 is 0 Å². The Morgan fingerprint density at radius 3 is 2.95 bits per heavy atom. The van der Waals surface area contributed by atoms with Gasteiger partial charge in [-0.3, -0.25) is 0 Å². The van der Waals surface area contributed by atoms with Crippen LogP contribution in [0, 0.1) is 17.8 Å². The van der Waals surface area contributed by atoms with Gasteiger partial charge in [0, 0.05) is 18.8 Å². The minimum atomic E-state index is 0.882. The molecule has 3 atom stereocenters. The number of anilines is 1. The first-order valence-corrected chi connectivity index (χ1v) is 8.62. The molecule has 3 unspecified atom stereocenters. The van der Waals surface area contributed by atoms with E-state index in [1.165, 1.54) is 56.6 Å². The highest BCUT2D eigenvalue weighted by Crippen LogP contribution is 2.42. The molecule has 2 nitrogen and oxygen atoms in total. The van der Waals surface area contributed by atoms with E-state index in [0.29, 0.717) is 0 Å². The van der Waals surface area contributed by atoms with Gasteiger partial charge in [0.2, 0.25) is 0 Å². The van der Waals surface area contributed by atoms with E-state index in [0.717, 1.165) is 24.3 Å². The summed E-state index contributed by atoms with van der Waals surface area (Å²) in [5.74, 6) is 2.70. The first kappa shape index (κ1) is 13.4. The predicted octanol–water partition coefficient (Wildman–Crippen LogP) is 3.24. The SMILES string of the molecule is C1=CC2CC1CC2CNCCCN1CCc2ccccc21. The lowest BCUT2D eigenvalue weighted by Crippen LogP contribution is -2.29. The summed E-state index contributed by atoms with van der Waals surface area (Å²) in [6.07, 6.45) is 10.2. The Balaban J connectivity index is 1.17. The molecule has 0 spiro atoms. The normalized spacial score (nSPS) is 29.3. The number of nitrogens with zero attached hydrogens (tertiary/aromatic N) is 1. The Kier molecular flexibility index (Phi) is 3.72. The Bertz CT molecular complexity index is 522. The van der Waals surface area contributed by atoms with Crippen molar-refractivity contribution >= 4 is 5.69 Å². The molecule has 1 fully saturated rings. The summed E-state index contributed by atoms with van der Waals surface area (Å²) in [5.41, 5.74) is 3.00. The molecule has 112 valence electrons. The van der Waals surface area contributed by atoms with Gasteiger partial charge >= 0.3 is 0 Å². The van der Waals surface area contributed by atoms with E-state index in [2.05, 4.69) is 46.6 Å². The van der Waals surface area contributed by atoms with E-state index in [-0.39, 0.29) is 0 Å². The lowest BCUT2D eigenvalue weighted by Gasteiger charge is -2.21. The molecule has 1 aromatic carbocycles. The van der Waals surface area contributed by atoms with Crippen molar-refractivity contribution in [3.8, 4) is 0 Å². The molecule has 0 radical (unpaired) electrons. The largest absolute Gasteiger partial charge is 0.371 e. The molecule has 1 heterocycles. The van der Waals surface area contributed by atoms with E-state index in [4.69, 9.17) is 0 Å². The van der Waals surface area contributed by atoms with Crippen LogP contribution in [0.15, 0.2) is 36.4 Å². The van der Waals surface area contributed by atoms with Crippen LogP contribution in [0.2, 0.25) is 0 Å². The fraction of sp³-hybridized carbons (Fsp3) is 0.579. The van der Waals surface area contributed by atoms with E-state index in [1.54, 1.807) is 0 Å². The van der Waals surface area contributed by atoms with Crippen LogP contribution < -0.4 is 10.2 Å². The monoisotopic (exact) mass is 282 g/mol. The van der Waals surface area contributed by atoms with E-state index < -0.39 is 0 Å². The molecular formula is C19H26N2. The maximum Gasteiger partial charge on any atom is 0.0399 e. The second kappa shape index (κ2) is 5.84. The van der Waals surface area contributed by atoms with Gasteiger partial charge in [0.1, 0.15) is 0 Å². The molecule has 4 rings (SSSR count). The number of para-hydroxylation sites is 1. The fourth-order valence-corrected chi connectivity index (χ4v) is 4.45. The molecular weight excluding hydrogens is 256 g/mol. The number of benzene rings is 1. The van der Waals surface area contributed by atoms with Crippen molar-refractivity contribution < 1.29 is 0 Å². The molecule has 1 saturated carbocycles. The second-order valence-electron chi connectivity index (χ2n) is 6.96. The molecule has 2 bridgehead atoms. The third kappa shape index (κ3) is 2.74. The van der Waals surface area contributed by atoms with Crippen LogP contribution in [0.25, 0.3) is 0 Å². The standard InChI is InChI=1S/C19H26N2/c1-2-5-19-16(4-1)8-11-21(19)10-3-9-20-14-18-13-15-6-7-17(18)12-15/h1-2,4-7,15,17-18,20H,3,8-14H2. The summed E-state index contributed by atoms with van der Waals surface area (Å²) in [7, 11) is 0. The Morgan fingerprint density at radius 2 is 2.10 bits per heavy atom. The summed E-state index contributed by atoms with van der Waals surface area (Å²) in [6.45, 7) is 4.79. The average molecular weight is 282 g/mol. The highest BCUT2D eigenvalue weighted by molar-refractivity contribution is 5.57. The lowest BCUT2D eigenvalue weighted by atomic mass is 9.94. The van der Waals surface area contributed by atoms with Gasteiger partial charge in [0.25, 0.3) is 0 Å². The lowest BCUT2D eigenvalue weighted by molar-refractivity contribution is 0.413. The van der Waals surface area contributed by atoms with E-state index in [9.17, 15) is 0 Å². The van der Waals surface area contributed by atoms with Crippen molar-refractivity contribution in [2.75, 3.05) is 31.1 Å². The molecule has 0 amide bonds. The molecule has 1 N–H and O–H groups in total. The average Bonchev–Trinajstić information content (AvgIpc) is 3.22. The zero-order chi connectivity index (χ0) is 14.1. The molecule has 3 aliphatic rings. The van der Waals surface area contributed by atoms with Crippen LogP contribution in [0.1, 0.15) is 24.8 Å². The Labute approximate surface area is 128 Å². The molecule has 0 saturated heterocycles. The van der Waals surface area contributed by atoms with Gasteiger partial charge in [0.05, 0.1) is 0 Å². The van der Waals surface area contributed by atoms with Gasteiger partial charge in [0.15, 0.2) is 0 Å². The maximum absolute atomic E-state index is 3.70. The Morgan fingerprint density at radius 1 is 1.14 bits per heavy atom. The van der Waals surface area contributed by atoms with Gasteiger partial charge in [-0.25, -0.2) is 0 Å². The topological polar surface area (TPSA) is 15.3 Å². The van der Waals surface area contributed by atoms with Crippen molar-refractivity contribution in [2.24, 2.45) is 17.8 Å². The van der Waals surface area contributed by atoms with Crippen molar-refractivity contribution in [3.63, 3.8) is 0 Å². The van der Waals surface area contributed by atoms with Crippen LogP contribution in [-0.2, 0) is 6.42 Å². The van der Waals surface area contributed by atoms with Crippen LogP contribution in [0.5, 0.6) is 0 Å². The zero-order valence-corrected chi connectivity index (χ0v) is 12.8. The molecule has 1 aromatic rings. The summed E-state index contributed by atoms with van der Waals surface area (Å²) < 4.78 is 0. The van der Waals surface area contributed by atoms with Gasteiger partial charge in [-0.1, -0.05) is 30.4 Å². The number of hydrogen-bond acceptors (Lipinski definition) is 2. The summed E-state index contributed by atoms with van der Waals surface area (Å²) in [6, 6.07) is 8.87. The van der Waals surface area contributed by atoms with Gasteiger partial charge in [-0.2, -0.15) is 0 Å². The number of hydrogen-bond donors (Lipinski definition) is 1. The van der Waals surface area contributed by atoms with Crippen molar-refractivity contribution in [3.05, 3.63) is 42.0 Å². The minimum absolute atomic E-state index is 0.882. The van der Waals surface area contributed by atoms with Crippen LogP contribution in [0.3, 0.4) is 0 Å². The molecule has 2 aliphatic carbocycles. The van der Waals surface area contributed by atoms with Crippen LogP contribution in [0.4, 0.5) is 5.69 Å². The third-order valence-electron chi connectivity index (χ3n) is 5.59. The second-order valence-corrected chi connectivity index (χ2v) is 6.96. The Hall–Kier alpha value is -1.28. The van der Waals surface area contributed by atoms with Gasteiger partial charge in [-0.15, -0.1) is 0 Å². The maximum atomic E-state index is 3.70. The number of allylic oxidation sites excluding steroid dienone is 2. The van der Waals surface area contributed by atoms with Gasteiger partial charge in [-0.05, 0) is 68.2 Å². The number of fused-ring (bicyclic) bond motifs is 3. The van der Waals surface area contributed by atoms with Gasteiger partial charge < -0.3 is 10.2 Å². The highest BCUT2D eigenvalue weighted by atomic mass is 15.1. The first-order valence-electron chi connectivity index (χ1n) is 8.62. The molecule has 0 aromatic heterocycles. The summed E-state index contributed by atoms with van der Waals surface area (Å²) >= 11 is 0. The number of rotatable bonds is 6. The molecule has 21 heavy (non-hydrogen) atoms. The highest BCUT2D eigenvalue weighted by Gasteiger charge is 2.34.